The topological polar surface area (TPSA) is 78.6 Å². The lowest BCUT2D eigenvalue weighted by atomic mass is 9.85. The highest BCUT2D eigenvalue weighted by molar-refractivity contribution is 5.89. The summed E-state index contributed by atoms with van der Waals surface area (Å²) in [4.78, 5) is 24.3. The fourth-order valence-corrected chi connectivity index (χ4v) is 2.01. The summed E-state index contributed by atoms with van der Waals surface area (Å²) >= 11 is 0. The third-order valence-electron chi connectivity index (χ3n) is 3.98. The Morgan fingerprint density at radius 1 is 1.17 bits per heavy atom. The molecule has 2 atom stereocenters. The molecule has 0 saturated carbocycles. The molecule has 128 valence electrons. The molecule has 0 bridgehead atoms. The number of unbranched alkanes of at least 4 members (excludes halogenated alkanes) is 1. The molecule has 0 heterocycles. The highest BCUT2D eigenvalue weighted by Gasteiger charge is 2.37. The fraction of sp³-hybridized carbons (Fsp3) is 0.556. The standard InChI is InChI=1S/C18H27NO4/c1-4-6-12-22-17(21)15(18(3,19)5-2)13-23-16(20)14-10-8-7-9-11-14/h7-11,15H,4-6,12-13,19H2,1-3H3. The Labute approximate surface area is 138 Å². The zero-order valence-corrected chi connectivity index (χ0v) is 14.2. The molecule has 1 aromatic carbocycles. The number of hydrogen-bond donors (Lipinski definition) is 1. The maximum atomic E-state index is 12.3. The van der Waals surface area contributed by atoms with Crippen molar-refractivity contribution in [2.45, 2.75) is 45.6 Å². The average Bonchev–Trinajstić information content (AvgIpc) is 2.55. The van der Waals surface area contributed by atoms with E-state index < -0.39 is 23.4 Å². The van der Waals surface area contributed by atoms with Crippen LogP contribution in [0, 0.1) is 5.92 Å². The van der Waals surface area contributed by atoms with Gasteiger partial charge in [-0.15, -0.1) is 0 Å². The van der Waals surface area contributed by atoms with E-state index in [0.29, 0.717) is 18.6 Å². The number of hydrogen-bond acceptors (Lipinski definition) is 5. The summed E-state index contributed by atoms with van der Waals surface area (Å²) in [5.74, 6) is -1.56. The second-order valence-corrected chi connectivity index (χ2v) is 5.90. The minimum atomic E-state index is -0.791. The van der Waals surface area contributed by atoms with Crippen molar-refractivity contribution < 1.29 is 19.1 Å². The van der Waals surface area contributed by atoms with Crippen molar-refractivity contribution in [1.29, 1.82) is 0 Å². The molecule has 0 radical (unpaired) electrons. The Morgan fingerprint density at radius 2 is 1.83 bits per heavy atom. The summed E-state index contributed by atoms with van der Waals surface area (Å²) in [5, 5.41) is 0. The Hall–Kier alpha value is -1.88. The highest BCUT2D eigenvalue weighted by atomic mass is 16.5. The lowest BCUT2D eigenvalue weighted by Crippen LogP contribution is -2.50. The van der Waals surface area contributed by atoms with Crippen LogP contribution in [-0.2, 0) is 14.3 Å². The molecule has 0 aliphatic carbocycles. The molecule has 0 amide bonds. The molecule has 0 aliphatic rings. The zero-order chi connectivity index (χ0) is 17.3. The van der Waals surface area contributed by atoms with E-state index in [1.165, 1.54) is 0 Å². The molecule has 0 aliphatic heterocycles. The lowest BCUT2D eigenvalue weighted by Gasteiger charge is -2.31. The largest absolute Gasteiger partial charge is 0.465 e. The van der Waals surface area contributed by atoms with E-state index in [1.54, 1.807) is 31.2 Å². The number of benzene rings is 1. The third kappa shape index (κ3) is 6.02. The molecule has 2 N–H and O–H groups in total. The van der Waals surface area contributed by atoms with Crippen LogP contribution < -0.4 is 5.73 Å². The first-order valence-electron chi connectivity index (χ1n) is 8.10. The van der Waals surface area contributed by atoms with Gasteiger partial charge in [-0.2, -0.15) is 0 Å². The summed E-state index contributed by atoms with van der Waals surface area (Å²) in [5.41, 5.74) is 5.85. The maximum Gasteiger partial charge on any atom is 0.338 e. The third-order valence-corrected chi connectivity index (χ3v) is 3.98. The van der Waals surface area contributed by atoms with E-state index in [4.69, 9.17) is 15.2 Å². The van der Waals surface area contributed by atoms with Crippen molar-refractivity contribution in [3.8, 4) is 0 Å². The molecule has 0 saturated heterocycles. The lowest BCUT2D eigenvalue weighted by molar-refractivity contribution is -0.152. The van der Waals surface area contributed by atoms with Crippen molar-refractivity contribution in [2.75, 3.05) is 13.2 Å². The van der Waals surface area contributed by atoms with Crippen molar-refractivity contribution in [3.63, 3.8) is 0 Å². The highest BCUT2D eigenvalue weighted by Crippen LogP contribution is 2.21. The summed E-state index contributed by atoms with van der Waals surface area (Å²) < 4.78 is 10.5. The number of esters is 2. The minimum absolute atomic E-state index is 0.0838. The van der Waals surface area contributed by atoms with Crippen LogP contribution in [0.2, 0.25) is 0 Å². The van der Waals surface area contributed by atoms with Crippen LogP contribution in [0.15, 0.2) is 30.3 Å². The molecule has 5 nitrogen and oxygen atoms in total. The second kappa shape index (κ2) is 9.30. The second-order valence-electron chi connectivity index (χ2n) is 5.90. The fourth-order valence-electron chi connectivity index (χ4n) is 2.01. The van der Waals surface area contributed by atoms with Crippen LogP contribution >= 0.6 is 0 Å². The maximum absolute atomic E-state index is 12.3. The van der Waals surface area contributed by atoms with Crippen molar-refractivity contribution >= 4 is 11.9 Å². The number of ether oxygens (including phenoxy) is 2. The monoisotopic (exact) mass is 321 g/mol. The van der Waals surface area contributed by atoms with Crippen LogP contribution in [0.4, 0.5) is 0 Å². The van der Waals surface area contributed by atoms with Gasteiger partial charge >= 0.3 is 11.9 Å². The predicted molar refractivity (Wildman–Crippen MR) is 89.0 cm³/mol. The average molecular weight is 321 g/mol. The van der Waals surface area contributed by atoms with Gasteiger partial charge in [0.1, 0.15) is 12.5 Å². The minimum Gasteiger partial charge on any atom is -0.465 e. The predicted octanol–water partition coefficient (Wildman–Crippen LogP) is 2.93. The first kappa shape index (κ1) is 19.2. The van der Waals surface area contributed by atoms with Gasteiger partial charge in [0.15, 0.2) is 0 Å². The normalized spacial score (nSPS) is 14.6. The van der Waals surface area contributed by atoms with Gasteiger partial charge in [-0.25, -0.2) is 4.79 Å². The van der Waals surface area contributed by atoms with Crippen LogP contribution in [0.5, 0.6) is 0 Å². The summed E-state index contributed by atoms with van der Waals surface area (Å²) in [6.45, 7) is 5.96. The number of rotatable bonds is 9. The van der Waals surface area contributed by atoms with Crippen LogP contribution in [0.3, 0.4) is 0 Å². The molecule has 0 fully saturated rings. The SMILES string of the molecule is CCCCOC(=O)C(COC(=O)c1ccccc1)C(C)(N)CC. The molecular weight excluding hydrogens is 294 g/mol. The molecule has 1 aromatic rings. The number of carbonyl (C=O) groups excluding carboxylic acids is 2. The van der Waals surface area contributed by atoms with Crippen LogP contribution in [-0.4, -0.2) is 30.7 Å². The molecule has 0 aromatic heterocycles. The van der Waals surface area contributed by atoms with Gasteiger partial charge in [-0.1, -0.05) is 38.5 Å². The molecule has 23 heavy (non-hydrogen) atoms. The zero-order valence-electron chi connectivity index (χ0n) is 14.2. The van der Waals surface area contributed by atoms with Crippen LogP contribution in [0.1, 0.15) is 50.4 Å². The van der Waals surface area contributed by atoms with Crippen molar-refractivity contribution in [2.24, 2.45) is 11.7 Å². The van der Waals surface area contributed by atoms with Gasteiger partial charge < -0.3 is 15.2 Å². The van der Waals surface area contributed by atoms with Gasteiger partial charge in [0, 0.05) is 5.54 Å². The van der Waals surface area contributed by atoms with E-state index in [9.17, 15) is 9.59 Å². The summed E-state index contributed by atoms with van der Waals surface area (Å²) in [6, 6.07) is 8.66. The van der Waals surface area contributed by atoms with Crippen molar-refractivity contribution in [3.05, 3.63) is 35.9 Å². The van der Waals surface area contributed by atoms with E-state index in [0.717, 1.165) is 12.8 Å². The van der Waals surface area contributed by atoms with E-state index in [1.807, 2.05) is 19.9 Å². The quantitative estimate of drug-likeness (QED) is 0.559. The van der Waals surface area contributed by atoms with Gasteiger partial charge in [-0.3, -0.25) is 4.79 Å². The van der Waals surface area contributed by atoms with Crippen molar-refractivity contribution in [1.82, 2.24) is 0 Å². The molecule has 2 unspecified atom stereocenters. The number of nitrogens with two attached hydrogens (primary N) is 1. The smallest absolute Gasteiger partial charge is 0.338 e. The number of carbonyl (C=O) groups is 2. The summed E-state index contributed by atoms with van der Waals surface area (Å²) in [6.07, 6.45) is 2.31. The van der Waals surface area contributed by atoms with Gasteiger partial charge in [-0.05, 0) is 31.9 Å². The Balaban J connectivity index is 2.70. The van der Waals surface area contributed by atoms with E-state index >= 15 is 0 Å². The molecule has 1 rings (SSSR count). The van der Waals surface area contributed by atoms with E-state index in [2.05, 4.69) is 0 Å². The van der Waals surface area contributed by atoms with E-state index in [-0.39, 0.29) is 6.61 Å². The Bertz CT molecular complexity index is 499. The first-order chi connectivity index (χ1) is 10.9. The molecule has 5 heteroatoms. The van der Waals surface area contributed by atoms with Gasteiger partial charge in [0.25, 0.3) is 0 Å². The first-order valence-corrected chi connectivity index (χ1v) is 8.10. The Kier molecular flexibility index (Phi) is 7.75. The van der Waals surface area contributed by atoms with Gasteiger partial charge in [0.05, 0.1) is 12.2 Å². The molecule has 0 spiro atoms. The van der Waals surface area contributed by atoms with Gasteiger partial charge in [0.2, 0.25) is 0 Å². The molecular formula is C18H27NO4. The van der Waals surface area contributed by atoms with Crippen LogP contribution in [0.25, 0.3) is 0 Å². The Morgan fingerprint density at radius 3 is 2.39 bits per heavy atom. The summed E-state index contributed by atoms with van der Waals surface area (Å²) in [7, 11) is 0.